The third-order valence-electron chi connectivity index (χ3n) is 5.51. The number of anilines is 1. The molecule has 0 atom stereocenters. The van der Waals surface area contributed by atoms with E-state index < -0.39 is 0 Å². The van der Waals surface area contributed by atoms with E-state index in [0.29, 0.717) is 6.42 Å². The summed E-state index contributed by atoms with van der Waals surface area (Å²) < 4.78 is 0. The van der Waals surface area contributed by atoms with Crippen LogP contribution in [0.1, 0.15) is 38.3 Å². The number of nitrogens with zero attached hydrogens (tertiary/aromatic N) is 4. The van der Waals surface area contributed by atoms with Gasteiger partial charge in [0.05, 0.1) is 0 Å². The minimum atomic E-state index is 0.160. The Balaban J connectivity index is 1.28. The van der Waals surface area contributed by atoms with E-state index in [9.17, 15) is 4.79 Å². The number of aryl methyl sites for hydroxylation is 1. The number of benzene rings is 1. The molecule has 2 aromatic heterocycles. The van der Waals surface area contributed by atoms with Crippen molar-refractivity contribution in [3.63, 3.8) is 0 Å². The van der Waals surface area contributed by atoms with E-state index in [1.165, 1.54) is 11.1 Å². The zero-order chi connectivity index (χ0) is 20.4. The van der Waals surface area contributed by atoms with Crippen molar-refractivity contribution in [2.75, 3.05) is 31.1 Å². The number of carbonyl (C=O) groups excluding carboxylic acids is 1. The van der Waals surface area contributed by atoms with Crippen molar-refractivity contribution >= 4 is 32.7 Å². The van der Waals surface area contributed by atoms with Crippen molar-refractivity contribution in [1.82, 2.24) is 14.9 Å². The normalized spacial score (nSPS) is 15.1. The highest BCUT2D eigenvalue weighted by Crippen LogP contribution is 2.28. The molecular weight excluding hydrogens is 380 g/mol. The summed E-state index contributed by atoms with van der Waals surface area (Å²) in [5, 5.41) is 1.00. The molecule has 29 heavy (non-hydrogen) atoms. The zero-order valence-electron chi connectivity index (χ0n) is 17.4. The van der Waals surface area contributed by atoms with Crippen LogP contribution in [0.2, 0.25) is 0 Å². The summed E-state index contributed by atoms with van der Waals surface area (Å²) in [6, 6.07) is 12.6. The van der Waals surface area contributed by atoms with Gasteiger partial charge in [-0.25, -0.2) is 9.97 Å². The van der Waals surface area contributed by atoms with Crippen LogP contribution in [0.25, 0.3) is 10.3 Å². The molecule has 1 aliphatic rings. The zero-order valence-corrected chi connectivity index (χ0v) is 18.2. The number of thiazole rings is 1. The monoisotopic (exact) mass is 408 g/mol. The summed E-state index contributed by atoms with van der Waals surface area (Å²) in [5.41, 5.74) is 3.66. The molecule has 3 heterocycles. The molecule has 0 saturated carbocycles. The lowest BCUT2D eigenvalue weighted by Crippen LogP contribution is -2.48. The topological polar surface area (TPSA) is 49.3 Å². The number of fused-ring (bicyclic) bond motifs is 1. The summed E-state index contributed by atoms with van der Waals surface area (Å²) in [7, 11) is 0. The lowest BCUT2D eigenvalue weighted by molar-refractivity contribution is -0.131. The lowest BCUT2D eigenvalue weighted by Gasteiger charge is -2.34. The molecule has 0 N–H and O–H groups in total. The van der Waals surface area contributed by atoms with Gasteiger partial charge in [0, 0.05) is 38.8 Å². The second-order valence-corrected chi connectivity index (χ2v) is 9.59. The number of pyridine rings is 1. The fraction of sp³-hybridized carbons (Fsp3) is 0.435. The van der Waals surface area contributed by atoms with Crippen molar-refractivity contribution < 1.29 is 4.79 Å². The first-order valence-electron chi connectivity index (χ1n) is 10.2. The summed E-state index contributed by atoms with van der Waals surface area (Å²) >= 11 is 1.62. The van der Waals surface area contributed by atoms with Gasteiger partial charge in [0.1, 0.15) is 10.3 Å². The van der Waals surface area contributed by atoms with E-state index in [1.807, 2.05) is 17.0 Å². The van der Waals surface area contributed by atoms with Gasteiger partial charge in [-0.1, -0.05) is 56.4 Å². The Hall–Kier alpha value is -2.47. The minimum Gasteiger partial charge on any atom is -0.344 e. The first-order valence-corrected chi connectivity index (χ1v) is 11.1. The third-order valence-corrected chi connectivity index (χ3v) is 6.55. The van der Waals surface area contributed by atoms with Crippen LogP contribution in [0.4, 0.5) is 5.13 Å². The SMILES string of the molecule is CC(C)(C)c1ccc(CCC(=O)N2CCN(c3nc4cccnc4s3)CC2)cc1. The summed E-state index contributed by atoms with van der Waals surface area (Å²) in [5.74, 6) is 0.246. The second-order valence-electron chi connectivity index (χ2n) is 8.64. The highest BCUT2D eigenvalue weighted by molar-refractivity contribution is 7.21. The van der Waals surface area contributed by atoms with Crippen molar-refractivity contribution in [3.05, 3.63) is 53.7 Å². The van der Waals surface area contributed by atoms with Gasteiger partial charge < -0.3 is 9.80 Å². The van der Waals surface area contributed by atoms with Crippen LogP contribution < -0.4 is 4.90 Å². The van der Waals surface area contributed by atoms with Gasteiger partial charge in [-0.2, -0.15) is 0 Å². The van der Waals surface area contributed by atoms with Crippen molar-refractivity contribution in [3.8, 4) is 0 Å². The molecule has 4 rings (SSSR count). The Morgan fingerprint density at radius 1 is 1.07 bits per heavy atom. The molecule has 1 fully saturated rings. The van der Waals surface area contributed by atoms with E-state index >= 15 is 0 Å². The molecule has 152 valence electrons. The van der Waals surface area contributed by atoms with E-state index in [1.54, 1.807) is 17.5 Å². The fourth-order valence-corrected chi connectivity index (χ4v) is 4.58. The van der Waals surface area contributed by atoms with Gasteiger partial charge in [-0.15, -0.1) is 0 Å². The largest absolute Gasteiger partial charge is 0.344 e. The van der Waals surface area contributed by atoms with Gasteiger partial charge in [0.25, 0.3) is 0 Å². The minimum absolute atomic E-state index is 0.160. The molecule has 0 radical (unpaired) electrons. The van der Waals surface area contributed by atoms with Crippen LogP contribution in [-0.2, 0) is 16.6 Å². The maximum atomic E-state index is 12.7. The molecule has 0 bridgehead atoms. The number of hydrogen-bond acceptors (Lipinski definition) is 5. The summed E-state index contributed by atoms with van der Waals surface area (Å²) in [6.45, 7) is 9.82. The van der Waals surface area contributed by atoms with Crippen molar-refractivity contribution in [1.29, 1.82) is 0 Å². The molecule has 0 aliphatic carbocycles. The number of hydrogen-bond donors (Lipinski definition) is 0. The van der Waals surface area contributed by atoms with Gasteiger partial charge in [-0.3, -0.25) is 4.79 Å². The maximum absolute atomic E-state index is 12.7. The number of carbonyl (C=O) groups is 1. The second kappa shape index (κ2) is 8.11. The van der Waals surface area contributed by atoms with Crippen molar-refractivity contribution in [2.24, 2.45) is 0 Å². The fourth-order valence-electron chi connectivity index (χ4n) is 3.62. The number of rotatable bonds is 4. The Bertz CT molecular complexity index is 949. The van der Waals surface area contributed by atoms with Crippen molar-refractivity contribution in [2.45, 2.75) is 39.0 Å². The summed E-state index contributed by atoms with van der Waals surface area (Å²) in [4.78, 5) is 27.0. The Morgan fingerprint density at radius 2 is 1.79 bits per heavy atom. The van der Waals surface area contributed by atoms with E-state index in [2.05, 4.69) is 59.9 Å². The predicted octanol–water partition coefficient (Wildman–Crippen LogP) is 4.27. The molecule has 6 heteroatoms. The first kappa shape index (κ1) is 19.8. The van der Waals surface area contributed by atoms with E-state index in [-0.39, 0.29) is 11.3 Å². The average Bonchev–Trinajstić information content (AvgIpc) is 3.16. The molecule has 1 aliphatic heterocycles. The Labute approximate surface area is 176 Å². The van der Waals surface area contributed by atoms with Crippen LogP contribution in [-0.4, -0.2) is 47.0 Å². The lowest BCUT2D eigenvalue weighted by atomic mass is 9.86. The van der Waals surface area contributed by atoms with E-state index in [0.717, 1.165) is 48.1 Å². The highest BCUT2D eigenvalue weighted by atomic mass is 32.1. The molecule has 1 aromatic carbocycles. The third kappa shape index (κ3) is 4.58. The highest BCUT2D eigenvalue weighted by Gasteiger charge is 2.23. The predicted molar refractivity (Wildman–Crippen MR) is 120 cm³/mol. The van der Waals surface area contributed by atoms with Crippen LogP contribution in [0.5, 0.6) is 0 Å². The van der Waals surface area contributed by atoms with Crippen LogP contribution in [0.15, 0.2) is 42.6 Å². The molecule has 1 saturated heterocycles. The molecule has 5 nitrogen and oxygen atoms in total. The summed E-state index contributed by atoms with van der Waals surface area (Å²) in [6.07, 6.45) is 3.17. The Morgan fingerprint density at radius 3 is 2.45 bits per heavy atom. The molecule has 0 spiro atoms. The van der Waals surface area contributed by atoms with Gasteiger partial charge >= 0.3 is 0 Å². The number of piperazine rings is 1. The maximum Gasteiger partial charge on any atom is 0.223 e. The average molecular weight is 409 g/mol. The number of aromatic nitrogens is 2. The molecule has 1 amide bonds. The molecule has 0 unspecified atom stereocenters. The van der Waals surface area contributed by atoms with Crippen LogP contribution in [0, 0.1) is 0 Å². The first-order chi connectivity index (χ1) is 13.9. The quantitative estimate of drug-likeness (QED) is 0.647. The van der Waals surface area contributed by atoms with Crippen LogP contribution in [0.3, 0.4) is 0 Å². The smallest absolute Gasteiger partial charge is 0.223 e. The molecule has 3 aromatic rings. The number of amides is 1. The Kier molecular flexibility index (Phi) is 5.54. The molecular formula is C23H28N4OS. The van der Waals surface area contributed by atoms with Gasteiger partial charge in [0.15, 0.2) is 5.13 Å². The van der Waals surface area contributed by atoms with Crippen LogP contribution >= 0.6 is 11.3 Å². The van der Waals surface area contributed by atoms with E-state index in [4.69, 9.17) is 0 Å². The standard InChI is InChI=1S/C23H28N4OS/c1-23(2,3)18-9-6-17(7-10-18)8-11-20(28)26-13-15-27(16-14-26)22-25-19-5-4-12-24-21(19)29-22/h4-7,9-10,12H,8,11,13-16H2,1-3H3. The van der Waals surface area contributed by atoms with Gasteiger partial charge in [0.2, 0.25) is 5.91 Å². The van der Waals surface area contributed by atoms with Gasteiger partial charge in [-0.05, 0) is 35.1 Å².